The molecule has 0 aliphatic rings. The molecule has 1 rings (SSSR count). The van der Waals surface area contributed by atoms with Gasteiger partial charge in [0, 0.05) is 18.7 Å². The van der Waals surface area contributed by atoms with Crippen molar-refractivity contribution in [3.05, 3.63) is 17.7 Å². The fourth-order valence-electron chi connectivity index (χ4n) is 2.36. The van der Waals surface area contributed by atoms with Gasteiger partial charge in [0.2, 0.25) is 0 Å². The van der Waals surface area contributed by atoms with Gasteiger partial charge in [0.05, 0.1) is 32.8 Å². The van der Waals surface area contributed by atoms with Crippen LogP contribution in [-0.2, 0) is 4.79 Å². The third kappa shape index (κ3) is 5.04. The van der Waals surface area contributed by atoms with Crippen LogP contribution in [0.4, 0.5) is 0 Å². The molecule has 0 bridgehead atoms. The van der Waals surface area contributed by atoms with E-state index in [-0.39, 0.29) is 18.0 Å². The van der Waals surface area contributed by atoms with Crippen LogP contribution in [0.2, 0.25) is 0 Å². The second-order valence-corrected chi connectivity index (χ2v) is 5.78. The topological polar surface area (TPSA) is 94.1 Å². The molecule has 0 spiro atoms. The van der Waals surface area contributed by atoms with Gasteiger partial charge in [-0.15, -0.1) is 0 Å². The highest BCUT2D eigenvalue weighted by Crippen LogP contribution is 2.34. The van der Waals surface area contributed by atoms with E-state index in [4.69, 9.17) is 14.2 Å². The van der Waals surface area contributed by atoms with Crippen molar-refractivity contribution in [3.8, 4) is 17.2 Å². The molecule has 1 unspecified atom stereocenters. The van der Waals surface area contributed by atoms with Crippen LogP contribution >= 0.6 is 0 Å². The summed E-state index contributed by atoms with van der Waals surface area (Å²) in [5, 5.41) is 11.9. The summed E-state index contributed by atoms with van der Waals surface area (Å²) in [5.74, 6) is -0.625. The first-order valence-corrected chi connectivity index (χ1v) is 7.65. The van der Waals surface area contributed by atoms with Gasteiger partial charge in [-0.05, 0) is 12.3 Å². The number of methoxy groups -OCH3 is 3. The number of rotatable bonds is 9. The summed E-state index contributed by atoms with van der Waals surface area (Å²) >= 11 is 0. The number of amides is 1. The SMILES string of the molecule is COc1cc(OC)c(C(=O)NCC(CC(C)C)C(=O)O)cc1OC. The molecule has 0 saturated carbocycles. The lowest BCUT2D eigenvalue weighted by Crippen LogP contribution is -2.33. The maximum absolute atomic E-state index is 12.4. The molecule has 134 valence electrons. The minimum absolute atomic E-state index is 0.0455. The molecule has 0 aliphatic heterocycles. The van der Waals surface area contributed by atoms with Crippen LogP contribution in [0.25, 0.3) is 0 Å². The fourth-order valence-corrected chi connectivity index (χ4v) is 2.36. The summed E-state index contributed by atoms with van der Waals surface area (Å²) in [7, 11) is 4.40. The highest BCUT2D eigenvalue weighted by molar-refractivity contribution is 5.98. The van der Waals surface area contributed by atoms with Crippen molar-refractivity contribution in [3.63, 3.8) is 0 Å². The highest BCUT2D eigenvalue weighted by Gasteiger charge is 2.22. The standard InChI is InChI=1S/C17H25NO6/c1-10(2)6-11(17(20)21)9-18-16(19)12-7-14(23-4)15(24-5)8-13(12)22-3/h7-8,10-11H,6,9H2,1-5H3,(H,18,19)(H,20,21). The molecule has 7 nitrogen and oxygen atoms in total. The van der Waals surface area contributed by atoms with Crippen molar-refractivity contribution in [1.29, 1.82) is 0 Å². The van der Waals surface area contributed by atoms with Gasteiger partial charge in [0.1, 0.15) is 5.75 Å². The van der Waals surface area contributed by atoms with Crippen LogP contribution in [-0.4, -0.2) is 44.9 Å². The summed E-state index contributed by atoms with van der Waals surface area (Å²) in [6.45, 7) is 3.92. The molecule has 1 amide bonds. The van der Waals surface area contributed by atoms with Crippen molar-refractivity contribution < 1.29 is 28.9 Å². The van der Waals surface area contributed by atoms with E-state index in [1.54, 1.807) is 6.07 Å². The molecular formula is C17H25NO6. The van der Waals surface area contributed by atoms with Gasteiger partial charge in [-0.25, -0.2) is 0 Å². The number of hydrogen-bond acceptors (Lipinski definition) is 5. The van der Waals surface area contributed by atoms with Gasteiger partial charge in [0.15, 0.2) is 11.5 Å². The molecular weight excluding hydrogens is 314 g/mol. The number of hydrogen-bond donors (Lipinski definition) is 2. The molecule has 1 aromatic carbocycles. The van der Waals surface area contributed by atoms with E-state index in [2.05, 4.69) is 5.32 Å². The van der Waals surface area contributed by atoms with Crippen molar-refractivity contribution in [1.82, 2.24) is 5.32 Å². The molecule has 0 saturated heterocycles. The smallest absolute Gasteiger partial charge is 0.308 e. The Bertz CT molecular complexity index is 585. The lowest BCUT2D eigenvalue weighted by molar-refractivity contribution is -0.142. The van der Waals surface area contributed by atoms with Crippen LogP contribution in [0.1, 0.15) is 30.6 Å². The molecule has 0 fully saturated rings. The second kappa shape index (κ2) is 9.00. The first-order chi connectivity index (χ1) is 11.3. The predicted octanol–water partition coefficient (Wildman–Crippen LogP) is 2.19. The van der Waals surface area contributed by atoms with Crippen LogP contribution in [0.15, 0.2) is 12.1 Å². The molecule has 2 N–H and O–H groups in total. The van der Waals surface area contributed by atoms with E-state index >= 15 is 0 Å². The van der Waals surface area contributed by atoms with Gasteiger partial charge in [0.25, 0.3) is 5.91 Å². The molecule has 24 heavy (non-hydrogen) atoms. The van der Waals surface area contributed by atoms with E-state index in [1.165, 1.54) is 27.4 Å². The zero-order valence-corrected chi connectivity index (χ0v) is 14.7. The van der Waals surface area contributed by atoms with Gasteiger partial charge in [-0.3, -0.25) is 9.59 Å². The van der Waals surface area contributed by atoms with Crippen LogP contribution in [0, 0.1) is 11.8 Å². The van der Waals surface area contributed by atoms with Gasteiger partial charge in [-0.2, -0.15) is 0 Å². The zero-order valence-electron chi connectivity index (χ0n) is 14.7. The normalized spacial score (nSPS) is 11.8. The number of carbonyl (C=O) groups excluding carboxylic acids is 1. The lowest BCUT2D eigenvalue weighted by atomic mass is 9.97. The maximum Gasteiger partial charge on any atom is 0.308 e. The second-order valence-electron chi connectivity index (χ2n) is 5.78. The Hall–Kier alpha value is -2.44. The Morgan fingerprint density at radius 2 is 1.58 bits per heavy atom. The number of nitrogens with one attached hydrogen (secondary N) is 1. The molecule has 0 radical (unpaired) electrons. The number of carboxylic acids is 1. The molecule has 0 heterocycles. The highest BCUT2D eigenvalue weighted by atomic mass is 16.5. The van der Waals surface area contributed by atoms with Gasteiger partial charge >= 0.3 is 5.97 Å². The average molecular weight is 339 g/mol. The largest absolute Gasteiger partial charge is 0.496 e. The van der Waals surface area contributed by atoms with Crippen LogP contribution < -0.4 is 19.5 Å². The van der Waals surface area contributed by atoms with E-state index in [0.717, 1.165) is 0 Å². The quantitative estimate of drug-likeness (QED) is 0.716. The van der Waals surface area contributed by atoms with E-state index in [0.29, 0.717) is 23.7 Å². The molecule has 0 aromatic heterocycles. The van der Waals surface area contributed by atoms with E-state index < -0.39 is 17.8 Å². The summed E-state index contributed by atoms with van der Waals surface area (Å²) in [5.41, 5.74) is 0.254. The first kappa shape index (κ1) is 19.6. The average Bonchev–Trinajstić information content (AvgIpc) is 2.56. The fraction of sp³-hybridized carbons (Fsp3) is 0.529. The monoisotopic (exact) mass is 339 g/mol. The van der Waals surface area contributed by atoms with E-state index in [9.17, 15) is 14.7 Å². The van der Waals surface area contributed by atoms with Crippen molar-refractivity contribution in [2.45, 2.75) is 20.3 Å². The first-order valence-electron chi connectivity index (χ1n) is 7.65. The summed E-state index contributed by atoms with van der Waals surface area (Å²) in [6, 6.07) is 3.06. The van der Waals surface area contributed by atoms with Crippen LogP contribution in [0.3, 0.4) is 0 Å². The number of carbonyl (C=O) groups is 2. The predicted molar refractivity (Wildman–Crippen MR) is 89.0 cm³/mol. The number of ether oxygens (including phenoxy) is 3. The molecule has 1 aromatic rings. The number of aliphatic carboxylic acids is 1. The minimum Gasteiger partial charge on any atom is -0.496 e. The summed E-state index contributed by atoms with van der Waals surface area (Å²) in [6.07, 6.45) is 0.485. The Labute approximate surface area is 141 Å². The summed E-state index contributed by atoms with van der Waals surface area (Å²) in [4.78, 5) is 23.7. The zero-order chi connectivity index (χ0) is 18.3. The van der Waals surface area contributed by atoms with Crippen molar-refractivity contribution in [2.24, 2.45) is 11.8 Å². The summed E-state index contributed by atoms with van der Waals surface area (Å²) < 4.78 is 15.6. The Morgan fingerprint density at radius 3 is 2.04 bits per heavy atom. The maximum atomic E-state index is 12.4. The van der Waals surface area contributed by atoms with Crippen molar-refractivity contribution >= 4 is 11.9 Å². The lowest BCUT2D eigenvalue weighted by Gasteiger charge is -2.17. The Balaban J connectivity index is 2.95. The molecule has 1 atom stereocenters. The van der Waals surface area contributed by atoms with Gasteiger partial charge in [-0.1, -0.05) is 13.8 Å². The number of carboxylic acid groups (broad SMARTS) is 1. The third-order valence-corrected chi connectivity index (χ3v) is 3.56. The van der Waals surface area contributed by atoms with E-state index in [1.807, 2.05) is 13.8 Å². The van der Waals surface area contributed by atoms with Crippen molar-refractivity contribution in [2.75, 3.05) is 27.9 Å². The Morgan fingerprint density at radius 1 is 1.04 bits per heavy atom. The third-order valence-electron chi connectivity index (χ3n) is 3.56. The Kier molecular flexibility index (Phi) is 7.35. The molecule has 0 aliphatic carbocycles. The minimum atomic E-state index is -0.928. The number of benzene rings is 1. The van der Waals surface area contributed by atoms with Crippen LogP contribution in [0.5, 0.6) is 17.2 Å². The van der Waals surface area contributed by atoms with Gasteiger partial charge < -0.3 is 24.6 Å². The molecule has 7 heteroatoms.